The van der Waals surface area contributed by atoms with Gasteiger partial charge in [-0.25, -0.2) is 13.2 Å². The molecule has 1 heterocycles. The summed E-state index contributed by atoms with van der Waals surface area (Å²) in [5.41, 5.74) is 1.96. The van der Waals surface area contributed by atoms with E-state index in [0.29, 0.717) is 15.9 Å². The topological polar surface area (TPSA) is 94.8 Å². The second-order valence-electron chi connectivity index (χ2n) is 6.22. The summed E-state index contributed by atoms with van der Waals surface area (Å²) in [6.07, 6.45) is 1.20. The van der Waals surface area contributed by atoms with E-state index in [-0.39, 0.29) is 17.2 Å². The predicted octanol–water partition coefficient (Wildman–Crippen LogP) is 2.10. The molecule has 0 atom stereocenters. The Bertz CT molecular complexity index is 1240. The molecule has 0 bridgehead atoms. The number of benzene rings is 2. The van der Waals surface area contributed by atoms with Gasteiger partial charge in [0.15, 0.2) is 14.6 Å². The molecule has 146 valence electrons. The fourth-order valence-corrected chi connectivity index (χ4v) is 4.37. The van der Waals surface area contributed by atoms with Crippen LogP contribution in [-0.2, 0) is 32.8 Å². The molecule has 0 radical (unpaired) electrons. The highest BCUT2D eigenvalue weighted by Gasteiger charge is 2.11. The SMILES string of the molecule is COC(=O)c1ccc2c(c1)sc(=NC(=O)Cc1ccc(S(C)(=O)=O)cc1)n2C. The average molecular weight is 418 g/mol. The molecule has 2 aromatic carbocycles. The molecular weight excluding hydrogens is 400 g/mol. The maximum atomic E-state index is 12.3. The van der Waals surface area contributed by atoms with E-state index in [2.05, 4.69) is 4.99 Å². The van der Waals surface area contributed by atoms with Gasteiger partial charge in [0.05, 0.1) is 34.2 Å². The van der Waals surface area contributed by atoms with Gasteiger partial charge in [-0.2, -0.15) is 4.99 Å². The number of thiazole rings is 1. The van der Waals surface area contributed by atoms with Crippen LogP contribution in [-0.4, -0.2) is 38.2 Å². The Morgan fingerprint density at radius 2 is 1.82 bits per heavy atom. The van der Waals surface area contributed by atoms with Crippen LogP contribution in [0.15, 0.2) is 52.4 Å². The quantitative estimate of drug-likeness (QED) is 0.605. The molecule has 0 N–H and O–H groups in total. The van der Waals surface area contributed by atoms with E-state index in [1.807, 2.05) is 0 Å². The van der Waals surface area contributed by atoms with Gasteiger partial charge in [-0.3, -0.25) is 4.79 Å². The summed E-state index contributed by atoms with van der Waals surface area (Å²) < 4.78 is 30.3. The van der Waals surface area contributed by atoms with Crippen molar-refractivity contribution in [3.05, 3.63) is 58.4 Å². The molecule has 1 amide bonds. The van der Waals surface area contributed by atoms with E-state index in [9.17, 15) is 18.0 Å². The van der Waals surface area contributed by atoms with Crippen molar-refractivity contribution in [2.75, 3.05) is 13.4 Å². The van der Waals surface area contributed by atoms with Crippen LogP contribution >= 0.6 is 11.3 Å². The Kier molecular flexibility index (Phi) is 5.48. The van der Waals surface area contributed by atoms with Crippen molar-refractivity contribution in [3.63, 3.8) is 0 Å². The lowest BCUT2D eigenvalue weighted by Gasteiger charge is -2.01. The molecule has 28 heavy (non-hydrogen) atoms. The first-order chi connectivity index (χ1) is 13.2. The number of methoxy groups -OCH3 is 1. The second kappa shape index (κ2) is 7.69. The Hall–Kier alpha value is -2.78. The molecule has 0 saturated heterocycles. The predicted molar refractivity (Wildman–Crippen MR) is 106 cm³/mol. The largest absolute Gasteiger partial charge is 0.465 e. The number of amides is 1. The van der Waals surface area contributed by atoms with Gasteiger partial charge in [-0.15, -0.1) is 0 Å². The van der Waals surface area contributed by atoms with Crippen LogP contribution in [0.1, 0.15) is 15.9 Å². The number of ether oxygens (including phenoxy) is 1. The maximum absolute atomic E-state index is 12.3. The van der Waals surface area contributed by atoms with Crippen molar-refractivity contribution in [1.29, 1.82) is 0 Å². The number of aryl methyl sites for hydroxylation is 1. The van der Waals surface area contributed by atoms with Crippen LogP contribution in [0.3, 0.4) is 0 Å². The van der Waals surface area contributed by atoms with Gasteiger partial charge in [0.1, 0.15) is 0 Å². The Labute approximate surface area is 165 Å². The van der Waals surface area contributed by atoms with Gasteiger partial charge in [-0.05, 0) is 35.9 Å². The lowest BCUT2D eigenvalue weighted by molar-refractivity contribution is -0.117. The first kappa shape index (κ1) is 20.0. The molecule has 0 saturated carbocycles. The molecule has 3 aromatic rings. The highest BCUT2D eigenvalue weighted by atomic mass is 32.2. The summed E-state index contributed by atoms with van der Waals surface area (Å²) in [4.78, 5) is 28.9. The Morgan fingerprint density at radius 1 is 1.14 bits per heavy atom. The van der Waals surface area contributed by atoms with Crippen molar-refractivity contribution < 1.29 is 22.7 Å². The molecule has 0 aliphatic rings. The number of hydrogen-bond donors (Lipinski definition) is 0. The van der Waals surface area contributed by atoms with Crippen LogP contribution in [0.25, 0.3) is 10.2 Å². The van der Waals surface area contributed by atoms with Crippen molar-refractivity contribution >= 4 is 43.3 Å². The van der Waals surface area contributed by atoms with Crippen LogP contribution in [0.4, 0.5) is 0 Å². The third-order valence-electron chi connectivity index (χ3n) is 4.16. The fraction of sp³-hybridized carbons (Fsp3) is 0.211. The van der Waals surface area contributed by atoms with E-state index in [4.69, 9.17) is 4.74 Å². The van der Waals surface area contributed by atoms with Crippen molar-refractivity contribution in [3.8, 4) is 0 Å². The zero-order chi connectivity index (χ0) is 20.5. The molecule has 9 heteroatoms. The molecule has 0 spiro atoms. The number of fused-ring (bicyclic) bond motifs is 1. The minimum atomic E-state index is -3.27. The van der Waals surface area contributed by atoms with Gasteiger partial charge < -0.3 is 9.30 Å². The summed E-state index contributed by atoms with van der Waals surface area (Å²) in [6.45, 7) is 0. The molecule has 1 aromatic heterocycles. The molecular formula is C19H18N2O5S2. The number of hydrogen-bond acceptors (Lipinski definition) is 6. The lowest BCUT2D eigenvalue weighted by Crippen LogP contribution is -2.14. The van der Waals surface area contributed by atoms with Gasteiger partial charge >= 0.3 is 5.97 Å². The molecule has 0 aliphatic heterocycles. The summed E-state index contributed by atoms with van der Waals surface area (Å²) in [6, 6.07) is 11.3. The monoisotopic (exact) mass is 418 g/mol. The van der Waals surface area contributed by atoms with E-state index < -0.39 is 15.8 Å². The van der Waals surface area contributed by atoms with Gasteiger partial charge in [0, 0.05) is 13.3 Å². The lowest BCUT2D eigenvalue weighted by atomic mass is 10.1. The van der Waals surface area contributed by atoms with E-state index in [1.165, 1.54) is 30.6 Å². The summed E-state index contributed by atoms with van der Waals surface area (Å²) in [7, 11) is -0.154. The Balaban J connectivity index is 1.88. The van der Waals surface area contributed by atoms with Crippen LogP contribution in [0, 0.1) is 0 Å². The third kappa shape index (κ3) is 4.20. The van der Waals surface area contributed by atoms with Crippen LogP contribution < -0.4 is 4.80 Å². The number of carbonyl (C=O) groups is 2. The van der Waals surface area contributed by atoms with Crippen molar-refractivity contribution in [2.24, 2.45) is 12.0 Å². The molecule has 3 rings (SSSR count). The van der Waals surface area contributed by atoms with Gasteiger partial charge in [-0.1, -0.05) is 23.5 Å². The number of sulfone groups is 1. The highest BCUT2D eigenvalue weighted by Crippen LogP contribution is 2.19. The minimum absolute atomic E-state index is 0.0612. The minimum Gasteiger partial charge on any atom is -0.465 e. The number of esters is 1. The first-order valence-corrected chi connectivity index (χ1v) is 10.9. The average Bonchev–Trinajstić information content (AvgIpc) is 2.95. The molecule has 0 fully saturated rings. The number of carbonyl (C=O) groups excluding carboxylic acids is 2. The van der Waals surface area contributed by atoms with E-state index in [0.717, 1.165) is 16.5 Å². The zero-order valence-corrected chi connectivity index (χ0v) is 17.1. The van der Waals surface area contributed by atoms with Crippen molar-refractivity contribution in [2.45, 2.75) is 11.3 Å². The zero-order valence-electron chi connectivity index (χ0n) is 15.5. The van der Waals surface area contributed by atoms with E-state index >= 15 is 0 Å². The number of nitrogens with zero attached hydrogens (tertiary/aromatic N) is 2. The molecule has 0 aliphatic carbocycles. The van der Waals surface area contributed by atoms with Crippen molar-refractivity contribution in [1.82, 2.24) is 4.57 Å². The second-order valence-corrected chi connectivity index (χ2v) is 9.24. The Morgan fingerprint density at radius 3 is 2.43 bits per heavy atom. The smallest absolute Gasteiger partial charge is 0.337 e. The maximum Gasteiger partial charge on any atom is 0.337 e. The summed E-state index contributed by atoms with van der Waals surface area (Å²) in [5.74, 6) is -0.771. The normalized spacial score (nSPS) is 12.3. The standard InChI is InChI=1S/C19H18N2O5S2/c1-21-15-9-6-13(18(23)26-2)11-16(15)27-19(21)20-17(22)10-12-4-7-14(8-5-12)28(3,24)25/h4-9,11H,10H2,1-3H3. The number of rotatable bonds is 4. The van der Waals surface area contributed by atoms with Crippen LogP contribution in [0.2, 0.25) is 0 Å². The van der Waals surface area contributed by atoms with Gasteiger partial charge in [0.25, 0.3) is 5.91 Å². The van der Waals surface area contributed by atoms with Gasteiger partial charge in [0.2, 0.25) is 0 Å². The van der Waals surface area contributed by atoms with Crippen LogP contribution in [0.5, 0.6) is 0 Å². The number of aromatic nitrogens is 1. The summed E-state index contributed by atoms with van der Waals surface area (Å²) in [5, 5.41) is 0. The summed E-state index contributed by atoms with van der Waals surface area (Å²) >= 11 is 1.30. The molecule has 7 nitrogen and oxygen atoms in total. The highest BCUT2D eigenvalue weighted by molar-refractivity contribution is 7.90. The van der Waals surface area contributed by atoms with E-state index in [1.54, 1.807) is 41.9 Å². The fourth-order valence-electron chi connectivity index (χ4n) is 2.66. The first-order valence-electron chi connectivity index (χ1n) is 8.23. The molecule has 0 unspecified atom stereocenters. The third-order valence-corrected chi connectivity index (χ3v) is 6.38.